The summed E-state index contributed by atoms with van der Waals surface area (Å²) in [6, 6.07) is 6.20. The van der Waals surface area contributed by atoms with Gasteiger partial charge in [-0.1, -0.05) is 13.8 Å². The van der Waals surface area contributed by atoms with Crippen LogP contribution in [0.25, 0.3) is 11.1 Å². The topological polar surface area (TPSA) is 65.8 Å². The van der Waals surface area contributed by atoms with Crippen LogP contribution >= 0.6 is 0 Å². The maximum atomic E-state index is 13.4. The van der Waals surface area contributed by atoms with Crippen LogP contribution < -0.4 is 5.32 Å². The predicted octanol–water partition coefficient (Wildman–Crippen LogP) is 3.28. The Hall–Kier alpha value is -2.81. The van der Waals surface area contributed by atoms with E-state index in [4.69, 9.17) is 5.26 Å². The van der Waals surface area contributed by atoms with Crippen LogP contribution in [0.4, 0.5) is 8.78 Å². The summed E-state index contributed by atoms with van der Waals surface area (Å²) in [7, 11) is 0. The number of halogens is 2. The van der Waals surface area contributed by atoms with Crippen molar-refractivity contribution in [1.29, 1.82) is 5.26 Å². The highest BCUT2D eigenvalue weighted by atomic mass is 19.1. The van der Waals surface area contributed by atoms with E-state index < -0.39 is 11.6 Å². The first-order valence-electron chi connectivity index (χ1n) is 7.05. The average molecular weight is 315 g/mol. The Bertz CT molecular complexity index is 762. The number of amides is 1. The molecule has 1 N–H and O–H groups in total. The Balaban J connectivity index is 2.44. The summed E-state index contributed by atoms with van der Waals surface area (Å²) < 4.78 is 26.8. The maximum Gasteiger partial charge on any atom is 0.252 e. The van der Waals surface area contributed by atoms with E-state index in [1.54, 1.807) is 0 Å². The highest BCUT2D eigenvalue weighted by Crippen LogP contribution is 2.25. The number of hydrogen-bond acceptors (Lipinski definition) is 3. The molecule has 0 atom stereocenters. The third kappa shape index (κ3) is 4.10. The van der Waals surface area contributed by atoms with Crippen LogP contribution in [0.5, 0.6) is 0 Å². The molecule has 1 aromatic carbocycles. The summed E-state index contributed by atoms with van der Waals surface area (Å²) in [5.41, 5.74) is 0.591. The van der Waals surface area contributed by atoms with Crippen molar-refractivity contribution in [3.05, 3.63) is 53.4 Å². The third-order valence-corrected chi connectivity index (χ3v) is 3.10. The maximum absolute atomic E-state index is 13.4. The molecule has 0 radical (unpaired) electrons. The molecule has 0 aliphatic carbocycles. The first-order valence-corrected chi connectivity index (χ1v) is 7.05. The SMILES string of the molecule is CC(C)CNC(=O)c1cnc(C#N)c(-c2cc(F)cc(F)c2)c1. The van der Waals surface area contributed by atoms with Crippen molar-refractivity contribution in [3.63, 3.8) is 0 Å². The van der Waals surface area contributed by atoms with Crippen LogP contribution in [-0.4, -0.2) is 17.4 Å². The van der Waals surface area contributed by atoms with Gasteiger partial charge in [0, 0.05) is 24.4 Å². The number of hydrogen-bond donors (Lipinski definition) is 1. The van der Waals surface area contributed by atoms with Crippen LogP contribution in [0.2, 0.25) is 0 Å². The molecule has 0 fully saturated rings. The van der Waals surface area contributed by atoms with Crippen molar-refractivity contribution >= 4 is 5.91 Å². The van der Waals surface area contributed by atoms with Gasteiger partial charge in [-0.25, -0.2) is 13.8 Å². The Kier molecular flexibility index (Phi) is 5.02. The molecule has 1 aromatic heterocycles. The zero-order chi connectivity index (χ0) is 17.0. The van der Waals surface area contributed by atoms with Gasteiger partial charge in [0.2, 0.25) is 0 Å². The van der Waals surface area contributed by atoms with Crippen LogP contribution in [-0.2, 0) is 0 Å². The summed E-state index contributed by atoms with van der Waals surface area (Å²) in [5, 5.41) is 11.9. The average Bonchev–Trinajstić information content (AvgIpc) is 2.51. The summed E-state index contributed by atoms with van der Waals surface area (Å²) in [6.07, 6.45) is 1.27. The van der Waals surface area contributed by atoms with Crippen LogP contribution in [0.15, 0.2) is 30.5 Å². The minimum absolute atomic E-state index is 0.00425. The molecule has 0 spiro atoms. The van der Waals surface area contributed by atoms with E-state index in [2.05, 4.69) is 10.3 Å². The fourth-order valence-electron chi connectivity index (χ4n) is 2.01. The zero-order valence-electron chi connectivity index (χ0n) is 12.7. The first kappa shape index (κ1) is 16.6. The fraction of sp³-hybridized carbons (Fsp3) is 0.235. The van der Waals surface area contributed by atoms with Crippen molar-refractivity contribution in [2.24, 2.45) is 5.92 Å². The van der Waals surface area contributed by atoms with Gasteiger partial charge in [-0.3, -0.25) is 4.79 Å². The number of carbonyl (C=O) groups excluding carboxylic acids is 1. The molecule has 6 heteroatoms. The molecule has 0 unspecified atom stereocenters. The minimum Gasteiger partial charge on any atom is -0.352 e. The van der Waals surface area contributed by atoms with Crippen molar-refractivity contribution in [2.45, 2.75) is 13.8 Å². The van der Waals surface area contributed by atoms with E-state index in [-0.39, 0.29) is 34.2 Å². The summed E-state index contributed by atoms with van der Waals surface area (Å²) in [5.74, 6) is -1.60. The standard InChI is InChI=1S/C17H15F2N3O/c1-10(2)8-22-17(23)12-5-15(16(7-20)21-9-12)11-3-13(18)6-14(19)4-11/h3-6,9-10H,8H2,1-2H3,(H,22,23). The van der Waals surface area contributed by atoms with Crippen LogP contribution in [0.1, 0.15) is 29.9 Å². The molecular weight excluding hydrogens is 300 g/mol. The van der Waals surface area contributed by atoms with E-state index in [0.717, 1.165) is 18.2 Å². The number of rotatable bonds is 4. The second-order valence-corrected chi connectivity index (χ2v) is 5.49. The minimum atomic E-state index is -0.765. The summed E-state index contributed by atoms with van der Waals surface area (Å²) >= 11 is 0. The zero-order valence-corrected chi connectivity index (χ0v) is 12.7. The lowest BCUT2D eigenvalue weighted by atomic mass is 10.0. The Labute approximate surface area is 132 Å². The Morgan fingerprint density at radius 2 is 1.91 bits per heavy atom. The van der Waals surface area contributed by atoms with Crippen molar-refractivity contribution in [3.8, 4) is 17.2 Å². The molecule has 1 amide bonds. The molecule has 0 saturated carbocycles. The van der Waals surface area contributed by atoms with Crippen LogP contribution in [0, 0.1) is 28.9 Å². The van der Waals surface area contributed by atoms with E-state index in [9.17, 15) is 13.6 Å². The molecule has 4 nitrogen and oxygen atoms in total. The number of nitrogens with one attached hydrogen (secondary N) is 1. The Morgan fingerprint density at radius 1 is 1.26 bits per heavy atom. The van der Waals surface area contributed by atoms with Gasteiger partial charge in [-0.2, -0.15) is 5.26 Å². The molecule has 118 valence electrons. The number of pyridine rings is 1. The van der Waals surface area contributed by atoms with Gasteiger partial charge in [-0.05, 0) is 29.7 Å². The van der Waals surface area contributed by atoms with Gasteiger partial charge in [0.1, 0.15) is 23.4 Å². The second-order valence-electron chi connectivity index (χ2n) is 5.49. The quantitative estimate of drug-likeness (QED) is 0.941. The number of carbonyl (C=O) groups is 1. The van der Waals surface area contributed by atoms with Gasteiger partial charge >= 0.3 is 0 Å². The van der Waals surface area contributed by atoms with Gasteiger partial charge in [0.15, 0.2) is 0 Å². The lowest BCUT2D eigenvalue weighted by molar-refractivity contribution is 0.0948. The first-order chi connectivity index (χ1) is 10.9. The summed E-state index contributed by atoms with van der Waals surface area (Å²) in [6.45, 7) is 4.40. The molecule has 23 heavy (non-hydrogen) atoms. The molecule has 0 aliphatic heterocycles. The van der Waals surface area contributed by atoms with Crippen molar-refractivity contribution in [1.82, 2.24) is 10.3 Å². The lowest BCUT2D eigenvalue weighted by Crippen LogP contribution is -2.27. The molecule has 2 aromatic rings. The molecule has 0 saturated heterocycles. The number of nitriles is 1. The van der Waals surface area contributed by atoms with E-state index >= 15 is 0 Å². The van der Waals surface area contributed by atoms with E-state index in [1.807, 2.05) is 19.9 Å². The predicted molar refractivity (Wildman–Crippen MR) is 81.5 cm³/mol. The highest BCUT2D eigenvalue weighted by molar-refractivity contribution is 5.95. The molecule has 1 heterocycles. The van der Waals surface area contributed by atoms with E-state index in [0.29, 0.717) is 6.54 Å². The van der Waals surface area contributed by atoms with Gasteiger partial charge in [-0.15, -0.1) is 0 Å². The highest BCUT2D eigenvalue weighted by Gasteiger charge is 2.14. The number of benzene rings is 1. The van der Waals surface area contributed by atoms with Gasteiger partial charge < -0.3 is 5.32 Å². The number of aromatic nitrogens is 1. The summed E-state index contributed by atoms with van der Waals surface area (Å²) in [4.78, 5) is 16.0. The second kappa shape index (κ2) is 6.97. The van der Waals surface area contributed by atoms with Crippen molar-refractivity contribution < 1.29 is 13.6 Å². The monoisotopic (exact) mass is 315 g/mol. The van der Waals surface area contributed by atoms with Gasteiger partial charge in [0.25, 0.3) is 5.91 Å². The fourth-order valence-corrected chi connectivity index (χ4v) is 2.01. The lowest BCUT2D eigenvalue weighted by Gasteiger charge is -2.10. The van der Waals surface area contributed by atoms with E-state index in [1.165, 1.54) is 12.3 Å². The van der Waals surface area contributed by atoms with Gasteiger partial charge in [0.05, 0.1) is 5.56 Å². The molecule has 0 bridgehead atoms. The van der Waals surface area contributed by atoms with Crippen LogP contribution in [0.3, 0.4) is 0 Å². The number of nitrogens with zero attached hydrogens (tertiary/aromatic N) is 2. The largest absolute Gasteiger partial charge is 0.352 e. The Morgan fingerprint density at radius 3 is 2.48 bits per heavy atom. The molecule has 0 aliphatic rings. The third-order valence-electron chi connectivity index (χ3n) is 3.10. The molecule has 2 rings (SSSR count). The molecular formula is C17H15F2N3O. The smallest absolute Gasteiger partial charge is 0.252 e. The normalized spacial score (nSPS) is 10.4. The van der Waals surface area contributed by atoms with Crippen molar-refractivity contribution in [2.75, 3.05) is 6.54 Å².